The Morgan fingerprint density at radius 2 is 1.48 bits per heavy atom. The van der Waals surface area contributed by atoms with E-state index in [0.29, 0.717) is 0 Å². The molecule has 4 rings (SSSR count). The number of hydrogen-bond acceptors (Lipinski definition) is 4. The second kappa shape index (κ2) is 5.20. The lowest BCUT2D eigenvalue weighted by Gasteiger charge is -2.42. The molecule has 1 saturated heterocycles. The monoisotopic (exact) mass is 310 g/mol. The summed E-state index contributed by atoms with van der Waals surface area (Å²) in [5.41, 5.74) is 1.82. The van der Waals surface area contributed by atoms with Crippen molar-refractivity contribution < 1.29 is 19.2 Å². The van der Waals surface area contributed by atoms with Gasteiger partial charge < -0.3 is 9.47 Å². The molecule has 2 aliphatic rings. The van der Waals surface area contributed by atoms with Crippen LogP contribution in [0.3, 0.4) is 0 Å². The van der Waals surface area contributed by atoms with E-state index in [1.807, 2.05) is 80.6 Å². The Bertz CT molecular complexity index is 724. The van der Waals surface area contributed by atoms with Crippen molar-refractivity contribution in [3.63, 3.8) is 0 Å². The Kier molecular flexibility index (Phi) is 3.27. The van der Waals surface area contributed by atoms with Crippen LogP contribution in [0.25, 0.3) is 5.76 Å². The molecule has 0 bridgehead atoms. The van der Waals surface area contributed by atoms with Gasteiger partial charge in [0, 0.05) is 11.1 Å². The van der Waals surface area contributed by atoms with Gasteiger partial charge in [0.05, 0.1) is 0 Å². The molecule has 0 N–H and O–H groups in total. The molecule has 118 valence electrons. The summed E-state index contributed by atoms with van der Waals surface area (Å²) in [5, 5.41) is 0. The molecule has 0 unspecified atom stereocenters. The van der Waals surface area contributed by atoms with Gasteiger partial charge in [-0.05, 0) is 19.9 Å². The van der Waals surface area contributed by atoms with Crippen molar-refractivity contribution in [2.75, 3.05) is 0 Å². The lowest BCUT2D eigenvalue weighted by Crippen LogP contribution is -2.52. The summed E-state index contributed by atoms with van der Waals surface area (Å²) in [6, 6.07) is 19.6. The summed E-state index contributed by atoms with van der Waals surface area (Å²) in [4.78, 5) is 11.2. The Morgan fingerprint density at radius 3 is 2.17 bits per heavy atom. The van der Waals surface area contributed by atoms with E-state index in [4.69, 9.17) is 19.2 Å². The van der Waals surface area contributed by atoms with E-state index in [1.54, 1.807) is 0 Å². The van der Waals surface area contributed by atoms with Crippen LogP contribution in [0.2, 0.25) is 0 Å². The van der Waals surface area contributed by atoms with E-state index in [0.717, 1.165) is 16.9 Å². The standard InChI is InChI=1S/C19H18O4/c1-18(2)21-17-13-16(14-9-5-3-6-10-14)20-19(17,23-22-18)15-11-7-4-8-12-15/h3-13,17H,1-2H3/t17-,19-/m1/s1. The first-order valence-electron chi connectivity index (χ1n) is 7.66. The third-order valence-corrected chi connectivity index (χ3v) is 3.95. The van der Waals surface area contributed by atoms with Crippen molar-refractivity contribution in [1.29, 1.82) is 0 Å². The van der Waals surface area contributed by atoms with Crippen LogP contribution < -0.4 is 0 Å². The molecule has 0 amide bonds. The molecule has 2 aromatic rings. The predicted molar refractivity (Wildman–Crippen MR) is 84.7 cm³/mol. The van der Waals surface area contributed by atoms with E-state index in [9.17, 15) is 0 Å². The van der Waals surface area contributed by atoms with Crippen molar-refractivity contribution >= 4 is 5.76 Å². The van der Waals surface area contributed by atoms with Crippen molar-refractivity contribution in [3.05, 3.63) is 77.9 Å². The topological polar surface area (TPSA) is 36.9 Å². The van der Waals surface area contributed by atoms with Crippen LogP contribution in [0.5, 0.6) is 0 Å². The summed E-state index contributed by atoms with van der Waals surface area (Å²) in [7, 11) is 0. The minimum Gasteiger partial charge on any atom is -0.452 e. The predicted octanol–water partition coefficient (Wildman–Crippen LogP) is 3.99. The van der Waals surface area contributed by atoms with E-state index in [1.165, 1.54) is 0 Å². The van der Waals surface area contributed by atoms with Gasteiger partial charge in [-0.2, -0.15) is 9.78 Å². The number of benzene rings is 2. The van der Waals surface area contributed by atoms with Crippen LogP contribution in [0.15, 0.2) is 66.7 Å². The molecule has 2 aliphatic heterocycles. The zero-order valence-corrected chi connectivity index (χ0v) is 13.1. The van der Waals surface area contributed by atoms with E-state index in [-0.39, 0.29) is 0 Å². The first kappa shape index (κ1) is 14.5. The molecule has 23 heavy (non-hydrogen) atoms. The molecule has 0 aromatic heterocycles. The smallest absolute Gasteiger partial charge is 0.296 e. The molecule has 0 saturated carbocycles. The lowest BCUT2D eigenvalue weighted by atomic mass is 10.00. The lowest BCUT2D eigenvalue weighted by molar-refractivity contribution is -0.552. The van der Waals surface area contributed by atoms with Gasteiger partial charge in [0.1, 0.15) is 5.76 Å². The van der Waals surface area contributed by atoms with Crippen LogP contribution in [0, 0.1) is 0 Å². The van der Waals surface area contributed by atoms with Gasteiger partial charge in [0.2, 0.25) is 0 Å². The summed E-state index contributed by atoms with van der Waals surface area (Å²) < 4.78 is 12.3. The molecule has 0 radical (unpaired) electrons. The fraction of sp³-hybridized carbons (Fsp3) is 0.263. The zero-order chi connectivity index (χ0) is 15.9. The highest BCUT2D eigenvalue weighted by Crippen LogP contribution is 2.48. The van der Waals surface area contributed by atoms with Gasteiger partial charge in [0.15, 0.2) is 11.9 Å². The SMILES string of the molecule is CC1(C)OO[C@@]2(c3ccccc3)OC(c3ccccc3)=C[C@H]2O1. The Labute approximate surface area is 135 Å². The van der Waals surface area contributed by atoms with Crippen molar-refractivity contribution in [1.82, 2.24) is 0 Å². The zero-order valence-electron chi connectivity index (χ0n) is 13.1. The van der Waals surface area contributed by atoms with E-state index in [2.05, 4.69) is 0 Å². The number of hydrogen-bond donors (Lipinski definition) is 0. The minimum absolute atomic E-state index is 0.399. The van der Waals surface area contributed by atoms with E-state index < -0.39 is 17.7 Å². The number of fused-ring (bicyclic) bond motifs is 1. The first-order chi connectivity index (χ1) is 11.1. The minimum atomic E-state index is -1.12. The second-order valence-corrected chi connectivity index (χ2v) is 6.14. The Balaban J connectivity index is 1.77. The van der Waals surface area contributed by atoms with Gasteiger partial charge in [-0.25, -0.2) is 0 Å². The highest BCUT2D eigenvalue weighted by atomic mass is 17.3. The Morgan fingerprint density at radius 1 is 0.826 bits per heavy atom. The molecule has 0 spiro atoms. The molecule has 4 nitrogen and oxygen atoms in total. The average molecular weight is 310 g/mol. The normalized spacial score (nSPS) is 28.6. The van der Waals surface area contributed by atoms with E-state index >= 15 is 0 Å². The molecule has 2 aromatic carbocycles. The third kappa shape index (κ3) is 2.45. The highest BCUT2D eigenvalue weighted by Gasteiger charge is 2.56. The number of rotatable bonds is 2. The van der Waals surface area contributed by atoms with Gasteiger partial charge >= 0.3 is 0 Å². The fourth-order valence-corrected chi connectivity index (χ4v) is 2.87. The van der Waals surface area contributed by atoms with Gasteiger partial charge in [-0.15, -0.1) is 0 Å². The quantitative estimate of drug-likeness (QED) is 0.786. The maximum atomic E-state index is 6.21. The third-order valence-electron chi connectivity index (χ3n) is 3.95. The molecular weight excluding hydrogens is 292 g/mol. The largest absolute Gasteiger partial charge is 0.452 e. The summed E-state index contributed by atoms with van der Waals surface area (Å²) >= 11 is 0. The average Bonchev–Trinajstić information content (AvgIpc) is 2.95. The summed E-state index contributed by atoms with van der Waals surface area (Å²) in [5.74, 6) is -1.24. The van der Waals surface area contributed by atoms with Crippen LogP contribution in [0.1, 0.15) is 25.0 Å². The Hall–Kier alpha value is -2.14. The van der Waals surface area contributed by atoms with Crippen molar-refractivity contribution in [2.24, 2.45) is 0 Å². The van der Waals surface area contributed by atoms with Crippen molar-refractivity contribution in [3.8, 4) is 0 Å². The van der Waals surface area contributed by atoms with Crippen LogP contribution in [-0.4, -0.2) is 11.9 Å². The molecular formula is C19H18O4. The van der Waals surface area contributed by atoms with Crippen LogP contribution >= 0.6 is 0 Å². The second-order valence-electron chi connectivity index (χ2n) is 6.14. The van der Waals surface area contributed by atoms with Crippen molar-refractivity contribution in [2.45, 2.75) is 31.5 Å². The highest BCUT2D eigenvalue weighted by molar-refractivity contribution is 5.63. The molecule has 2 atom stereocenters. The maximum absolute atomic E-state index is 6.21. The molecule has 1 fully saturated rings. The van der Waals surface area contributed by atoms with Crippen LogP contribution in [-0.2, 0) is 25.0 Å². The van der Waals surface area contributed by atoms with Crippen LogP contribution in [0.4, 0.5) is 0 Å². The van der Waals surface area contributed by atoms with Gasteiger partial charge in [-0.1, -0.05) is 60.7 Å². The molecule has 0 aliphatic carbocycles. The maximum Gasteiger partial charge on any atom is 0.296 e. The fourth-order valence-electron chi connectivity index (χ4n) is 2.87. The molecule has 4 heteroatoms. The van der Waals surface area contributed by atoms with Gasteiger partial charge in [-0.3, -0.25) is 0 Å². The summed E-state index contributed by atoms with van der Waals surface area (Å²) in [6.45, 7) is 3.63. The summed E-state index contributed by atoms with van der Waals surface area (Å²) in [6.07, 6.45) is 1.55. The first-order valence-corrected chi connectivity index (χ1v) is 7.66. The molecule has 2 heterocycles. The van der Waals surface area contributed by atoms with Gasteiger partial charge in [0.25, 0.3) is 5.79 Å². The number of ether oxygens (including phenoxy) is 2.